The number of aromatic nitrogens is 1. The van der Waals surface area contributed by atoms with Gasteiger partial charge in [0.25, 0.3) is 11.8 Å². The molecular weight excluding hydrogens is 1560 g/mol. The number of amides is 2. The van der Waals surface area contributed by atoms with Crippen LogP contribution in [0.2, 0.25) is 0 Å². The summed E-state index contributed by atoms with van der Waals surface area (Å²) in [6.07, 6.45) is 57.2. The first kappa shape index (κ1) is 88.8. The Labute approximate surface area is 716 Å². The van der Waals surface area contributed by atoms with E-state index in [1.54, 1.807) is 47.0 Å². The summed E-state index contributed by atoms with van der Waals surface area (Å²) in [4.78, 5) is 53.0. The molecule has 5 nitrogen and oxygen atoms in total. The van der Waals surface area contributed by atoms with Gasteiger partial charge in [-0.15, -0.1) is 68.0 Å². The van der Waals surface area contributed by atoms with Crippen molar-refractivity contribution in [1.82, 2.24) is 4.57 Å². The monoisotopic (exact) mass is 1690 g/mol. The average molecular weight is 1690 g/mol. The third-order valence-electron chi connectivity index (χ3n) is 22.4. The minimum absolute atomic E-state index is 0.0999. The molecule has 9 aromatic rings. The predicted octanol–water partition coefficient (Wildman–Crippen LogP) is 35.3. The lowest BCUT2D eigenvalue weighted by Crippen LogP contribution is -2.09. The molecule has 0 spiro atoms. The van der Waals surface area contributed by atoms with Gasteiger partial charge in [-0.3, -0.25) is 9.59 Å². The molecule has 7 aromatic heterocycles. The van der Waals surface area contributed by atoms with Crippen molar-refractivity contribution >= 4 is 170 Å². The van der Waals surface area contributed by atoms with Gasteiger partial charge in [0.05, 0.1) is 20.8 Å². The summed E-state index contributed by atoms with van der Waals surface area (Å²) in [6.45, 7) is 18.2. The fourth-order valence-corrected chi connectivity index (χ4v) is 27.4. The Balaban J connectivity index is 0.985. The first-order valence-corrected chi connectivity index (χ1v) is 52.7. The molecular formula is C97H129N3O2S10. The summed E-state index contributed by atoms with van der Waals surface area (Å²) in [5, 5.41) is 2.76. The molecule has 2 aliphatic heterocycles. The van der Waals surface area contributed by atoms with Crippen molar-refractivity contribution in [1.29, 1.82) is 0 Å². The highest BCUT2D eigenvalue weighted by molar-refractivity contribution is 8.41. The number of unbranched alkanes of at least 4 members (excludes halogenated alkanes) is 30. The molecule has 112 heavy (non-hydrogen) atoms. The third kappa shape index (κ3) is 25.5. The summed E-state index contributed by atoms with van der Waals surface area (Å²) in [7, 11) is 0. The fourth-order valence-electron chi connectivity index (χ4n) is 16.2. The number of aliphatic imine (C=N–C) groups is 2. The molecule has 0 N–H and O–H groups in total. The number of benzene rings is 2. The summed E-state index contributed by atoms with van der Waals surface area (Å²) >= 11 is 18.2. The number of nitrogens with zero attached hydrogens (tertiary/aromatic N) is 3. The van der Waals surface area contributed by atoms with Crippen molar-refractivity contribution < 1.29 is 9.59 Å². The van der Waals surface area contributed by atoms with Gasteiger partial charge < -0.3 is 4.57 Å². The van der Waals surface area contributed by atoms with Gasteiger partial charge in [-0.1, -0.05) is 332 Å². The Morgan fingerprint density at radius 2 is 0.634 bits per heavy atom. The van der Waals surface area contributed by atoms with Crippen LogP contribution in [0.5, 0.6) is 0 Å². The molecule has 0 bridgehead atoms. The SMILES string of the molecule is CCCCCCCCc1cc(/C=C2\SC(SCC)=NC2=O)sc1-c1ccc(-c2sc(-c3ccc4c5ccc(-c6cc(CCCCCCCC)c(-c7ccc(-c8sc(/C=C9\SC(SCC)=NC9=O)cc8CCCCCCCC)s7)s6)cc5n(C(CCCCCCCC)CCCCCCCC)c4c3)cc2CCCCCCCC)s1. The first-order chi connectivity index (χ1) is 55.0. The van der Waals surface area contributed by atoms with Gasteiger partial charge in [0, 0.05) is 75.3 Å². The van der Waals surface area contributed by atoms with Crippen LogP contribution >= 0.6 is 115 Å². The van der Waals surface area contributed by atoms with Crippen molar-refractivity contribution in [2.75, 3.05) is 11.5 Å². The molecule has 0 unspecified atom stereocenters. The smallest absolute Gasteiger partial charge is 0.285 e. The van der Waals surface area contributed by atoms with Crippen LogP contribution in [0.4, 0.5) is 0 Å². The number of fused-ring (bicyclic) bond motifs is 3. The number of carbonyl (C=O) groups excluding carboxylic acids is 2. The van der Waals surface area contributed by atoms with Gasteiger partial charge in [0.1, 0.15) is 8.75 Å². The number of rotatable bonds is 53. The molecule has 0 saturated carbocycles. The lowest BCUT2D eigenvalue weighted by atomic mass is 9.99. The summed E-state index contributed by atoms with van der Waals surface area (Å²) in [6, 6.07) is 35.4. The second-order valence-electron chi connectivity index (χ2n) is 31.4. The van der Waals surface area contributed by atoms with E-state index in [1.165, 1.54) is 348 Å². The highest BCUT2D eigenvalue weighted by Gasteiger charge is 2.28. The summed E-state index contributed by atoms with van der Waals surface area (Å²) in [5.41, 5.74) is 11.3. The number of carbonyl (C=O) groups is 2. The van der Waals surface area contributed by atoms with Crippen LogP contribution in [0.15, 0.2) is 105 Å². The van der Waals surface area contributed by atoms with E-state index in [0.717, 1.165) is 65.5 Å². The first-order valence-electron chi connectivity index (χ1n) is 44.2. The van der Waals surface area contributed by atoms with E-state index in [4.69, 9.17) is 0 Å². The van der Waals surface area contributed by atoms with Crippen LogP contribution in [0.3, 0.4) is 0 Å². The zero-order valence-corrected chi connectivity index (χ0v) is 77.3. The van der Waals surface area contributed by atoms with E-state index in [9.17, 15) is 9.59 Å². The fraction of sp³-hybridized carbons (Fsp3) is 0.546. The van der Waals surface area contributed by atoms with Gasteiger partial charge in [-0.2, -0.15) is 9.98 Å². The van der Waals surface area contributed by atoms with Crippen LogP contribution in [-0.4, -0.2) is 36.6 Å². The topological polar surface area (TPSA) is 63.8 Å². The maximum absolute atomic E-state index is 13.3. The molecule has 2 aliphatic rings. The molecule has 0 aliphatic carbocycles. The quantitative estimate of drug-likeness (QED) is 0.0280. The Morgan fingerprint density at radius 3 is 0.964 bits per heavy atom. The Morgan fingerprint density at radius 1 is 0.330 bits per heavy atom. The molecule has 0 saturated heterocycles. The maximum Gasteiger partial charge on any atom is 0.285 e. The maximum atomic E-state index is 13.3. The summed E-state index contributed by atoms with van der Waals surface area (Å²) < 4.78 is 4.64. The molecule has 15 heteroatoms. The molecule has 0 atom stereocenters. The largest absolute Gasteiger partial charge is 0.337 e. The number of aryl methyl sites for hydroxylation is 4. The molecule has 604 valence electrons. The normalized spacial score (nSPS) is 14.1. The van der Waals surface area contributed by atoms with E-state index >= 15 is 0 Å². The van der Waals surface area contributed by atoms with Gasteiger partial charge >= 0.3 is 0 Å². The molecule has 2 aromatic carbocycles. The van der Waals surface area contributed by atoms with Gasteiger partial charge in [-0.25, -0.2) is 0 Å². The Hall–Kier alpha value is -4.00. The van der Waals surface area contributed by atoms with E-state index in [-0.39, 0.29) is 11.8 Å². The minimum Gasteiger partial charge on any atom is -0.337 e. The van der Waals surface area contributed by atoms with Crippen LogP contribution in [0.25, 0.3) is 93.9 Å². The van der Waals surface area contributed by atoms with Gasteiger partial charge in [0.15, 0.2) is 0 Å². The predicted molar refractivity (Wildman–Crippen MR) is 515 cm³/mol. The lowest BCUT2D eigenvalue weighted by molar-refractivity contribution is -0.114. The van der Waals surface area contributed by atoms with Crippen molar-refractivity contribution in [2.24, 2.45) is 9.98 Å². The Bertz CT molecular complexity index is 4250. The van der Waals surface area contributed by atoms with Crippen LogP contribution < -0.4 is 0 Å². The van der Waals surface area contributed by atoms with Crippen LogP contribution in [-0.2, 0) is 35.3 Å². The van der Waals surface area contributed by atoms with Crippen molar-refractivity contribution in [3.05, 3.63) is 127 Å². The molecule has 0 fully saturated rings. The van der Waals surface area contributed by atoms with Crippen molar-refractivity contribution in [2.45, 2.75) is 331 Å². The number of thiophene rings is 6. The number of thioether (sulfide) groups is 4. The lowest BCUT2D eigenvalue weighted by Gasteiger charge is -2.22. The Kier molecular flexibility index (Phi) is 38.2. The van der Waals surface area contributed by atoms with Crippen molar-refractivity contribution in [3.63, 3.8) is 0 Å². The average Bonchev–Trinajstić information content (AvgIpc) is 1.58. The molecule has 2 amide bonds. The van der Waals surface area contributed by atoms with Gasteiger partial charge in [0.2, 0.25) is 0 Å². The third-order valence-corrected chi connectivity index (χ3v) is 34.0. The minimum atomic E-state index is -0.0999. The van der Waals surface area contributed by atoms with Crippen LogP contribution in [0.1, 0.15) is 337 Å². The van der Waals surface area contributed by atoms with Crippen LogP contribution in [0, 0.1) is 0 Å². The molecule has 0 radical (unpaired) electrons. The number of hydrogen-bond acceptors (Lipinski definition) is 12. The zero-order valence-electron chi connectivity index (χ0n) is 69.2. The van der Waals surface area contributed by atoms with Crippen molar-refractivity contribution in [3.8, 4) is 59.9 Å². The number of hydrogen-bond donors (Lipinski definition) is 0. The standard InChI is InChI=1S/C97H129N3O2S10/c1-9-17-23-29-35-41-47-71-61-76(67-88-94(101)98-96(111-88)103-15-7)105-90(71)82-57-59-84(107-82)92-73(49-43-37-31-25-19-11-3)65-86(109-92)69-53-55-78-79-56-54-70(64-81(79)100(80(78)63-69)75(51-45-39-33-27-21-13-5)52-46-40-34-28-22-14-6)87-66-74(50-44-38-32-26-20-12-4)93(110-87)85-60-58-83(108-85)91-72(48-42-36-30-24-18-10-2)62-77(106-91)68-89-95(102)99-97(112-89)104-16-8/h53-68,75H,9-52H2,1-8H3/b88-67-,89-68-. The van der Waals surface area contributed by atoms with Gasteiger partial charge in [-0.05, 0) is 182 Å². The van der Waals surface area contributed by atoms with E-state index in [2.05, 4.69) is 167 Å². The summed E-state index contributed by atoms with van der Waals surface area (Å²) in [5.74, 6) is 1.62. The van der Waals surface area contributed by atoms with E-state index in [0.29, 0.717) is 6.04 Å². The zero-order chi connectivity index (χ0) is 78.2. The molecule has 9 heterocycles. The van der Waals surface area contributed by atoms with E-state index < -0.39 is 0 Å². The second-order valence-corrected chi connectivity index (χ2v) is 42.9. The molecule has 11 rings (SSSR count). The van der Waals surface area contributed by atoms with E-state index in [1.807, 2.05) is 68.0 Å². The highest BCUT2D eigenvalue weighted by atomic mass is 32.2. The second kappa shape index (κ2) is 48.2. The highest BCUT2D eigenvalue weighted by Crippen LogP contribution is 2.51.